The number of piperidine rings is 1. The minimum atomic E-state index is -1.50. The highest BCUT2D eigenvalue weighted by atomic mass is 16.9. The maximum absolute atomic E-state index is 12.0. The van der Waals surface area contributed by atoms with Crippen molar-refractivity contribution in [3.8, 4) is 5.75 Å². The number of nitrogens with zero attached hydrogens (tertiary/aromatic N) is 2. The van der Waals surface area contributed by atoms with Crippen molar-refractivity contribution in [1.82, 2.24) is 4.90 Å². The van der Waals surface area contributed by atoms with Gasteiger partial charge < -0.3 is 15.6 Å². The molecule has 0 saturated carbocycles. The Morgan fingerprint density at radius 2 is 2.19 bits per heavy atom. The van der Waals surface area contributed by atoms with Gasteiger partial charge in [-0.15, -0.1) is 10.1 Å². The predicted octanol–water partition coefficient (Wildman–Crippen LogP) is 2.21. The molecule has 2 saturated heterocycles. The van der Waals surface area contributed by atoms with E-state index in [4.69, 9.17) is 15.3 Å². The summed E-state index contributed by atoms with van der Waals surface area (Å²) in [6.07, 6.45) is 5.24. The SMILES string of the molecule is CC=C1CN2CCC34C(=C(C=O)C1CC23)Nc1c(O)cccc14.O=[N+]([O-])O. The van der Waals surface area contributed by atoms with E-state index in [-0.39, 0.29) is 17.1 Å². The number of fused-ring (bicyclic) bond motifs is 2. The normalized spacial score (nSPS) is 31.5. The van der Waals surface area contributed by atoms with Gasteiger partial charge in [0.05, 0.1) is 11.1 Å². The highest BCUT2D eigenvalue weighted by molar-refractivity contribution is 5.86. The summed E-state index contributed by atoms with van der Waals surface area (Å²) in [6.45, 7) is 4.08. The van der Waals surface area contributed by atoms with Crippen LogP contribution < -0.4 is 5.32 Å². The molecule has 4 aliphatic rings. The monoisotopic (exact) mass is 371 g/mol. The van der Waals surface area contributed by atoms with E-state index < -0.39 is 5.09 Å². The fourth-order valence-electron chi connectivity index (χ4n) is 5.50. The second-order valence-electron chi connectivity index (χ2n) is 7.37. The first kappa shape index (κ1) is 17.5. The molecular formula is C19H21N3O5. The lowest BCUT2D eigenvalue weighted by Gasteiger charge is -2.48. The number of hydrogen-bond acceptors (Lipinski definition) is 6. The van der Waals surface area contributed by atoms with Gasteiger partial charge in [-0.3, -0.25) is 9.69 Å². The van der Waals surface area contributed by atoms with Crippen molar-refractivity contribution in [2.75, 3.05) is 18.4 Å². The first-order valence-electron chi connectivity index (χ1n) is 8.95. The van der Waals surface area contributed by atoms with E-state index in [0.717, 1.165) is 49.2 Å². The van der Waals surface area contributed by atoms with E-state index in [0.29, 0.717) is 6.04 Å². The van der Waals surface area contributed by atoms with Gasteiger partial charge in [0, 0.05) is 36.3 Å². The Kier molecular flexibility index (Phi) is 3.96. The van der Waals surface area contributed by atoms with Crippen LogP contribution in [0.2, 0.25) is 0 Å². The summed E-state index contributed by atoms with van der Waals surface area (Å²) in [7, 11) is 0. The van der Waals surface area contributed by atoms with Gasteiger partial charge in [-0.25, -0.2) is 0 Å². The summed E-state index contributed by atoms with van der Waals surface area (Å²) >= 11 is 0. The highest BCUT2D eigenvalue weighted by Gasteiger charge is 2.61. The van der Waals surface area contributed by atoms with Gasteiger partial charge in [0.2, 0.25) is 0 Å². The number of hydrogen-bond donors (Lipinski definition) is 3. The molecule has 27 heavy (non-hydrogen) atoms. The summed E-state index contributed by atoms with van der Waals surface area (Å²) in [5, 5.41) is 27.4. The number of rotatable bonds is 1. The minimum Gasteiger partial charge on any atom is -0.506 e. The van der Waals surface area contributed by atoms with Gasteiger partial charge in [0.1, 0.15) is 12.0 Å². The van der Waals surface area contributed by atoms with Crippen molar-refractivity contribution in [2.24, 2.45) is 5.92 Å². The smallest absolute Gasteiger partial charge is 0.291 e. The number of benzene rings is 1. The molecule has 0 aromatic heterocycles. The van der Waals surface area contributed by atoms with Crippen LogP contribution in [0.5, 0.6) is 5.75 Å². The standard InChI is InChI=1S/C19H20N2O2.HNO3/c1-2-11-9-21-7-6-19-14-4-3-5-15(23)17(14)20-18(19)13(10-22)12(11)8-16(19)21;2-1(3)4/h2-5,10,12,16,20,23H,6-9H2,1H3;(H,2,3,4). The van der Waals surface area contributed by atoms with Gasteiger partial charge in [-0.1, -0.05) is 23.8 Å². The van der Waals surface area contributed by atoms with E-state index >= 15 is 0 Å². The Balaban J connectivity index is 0.000000413. The quantitative estimate of drug-likeness (QED) is 0.228. The summed E-state index contributed by atoms with van der Waals surface area (Å²) < 4.78 is 0. The average Bonchev–Trinajstić information content (AvgIpc) is 3.18. The zero-order valence-corrected chi connectivity index (χ0v) is 14.9. The first-order valence-corrected chi connectivity index (χ1v) is 8.95. The fraction of sp³-hybridized carbons (Fsp3) is 0.421. The number of carbonyl (C=O) groups excluding carboxylic acids is 1. The number of phenolic OH excluding ortho intramolecular Hbond substituents is 1. The van der Waals surface area contributed by atoms with Gasteiger partial charge in [-0.05, 0) is 31.4 Å². The molecule has 0 amide bonds. The lowest BCUT2D eigenvalue weighted by molar-refractivity contribution is -0.742. The summed E-state index contributed by atoms with van der Waals surface area (Å²) in [5.74, 6) is 0.507. The Labute approximate surface area is 155 Å². The second kappa shape index (κ2) is 6.09. The number of carbonyl (C=O) groups is 1. The van der Waals surface area contributed by atoms with Crippen LogP contribution in [0.25, 0.3) is 0 Å². The van der Waals surface area contributed by atoms with Crippen LogP contribution in [-0.2, 0) is 10.2 Å². The van der Waals surface area contributed by atoms with E-state index in [2.05, 4.69) is 29.3 Å². The molecule has 1 spiro atoms. The predicted molar refractivity (Wildman–Crippen MR) is 97.1 cm³/mol. The Morgan fingerprint density at radius 3 is 2.85 bits per heavy atom. The molecule has 3 atom stereocenters. The number of phenols is 1. The molecule has 3 N–H and O–H groups in total. The van der Waals surface area contributed by atoms with Gasteiger partial charge in [0.25, 0.3) is 5.09 Å². The molecule has 1 aliphatic carbocycles. The number of para-hydroxylation sites is 1. The van der Waals surface area contributed by atoms with Crippen molar-refractivity contribution >= 4 is 12.0 Å². The lowest BCUT2D eigenvalue weighted by atomic mass is 9.62. The van der Waals surface area contributed by atoms with E-state index in [1.54, 1.807) is 6.07 Å². The van der Waals surface area contributed by atoms with Crippen LogP contribution in [0.1, 0.15) is 25.3 Å². The molecule has 1 aromatic rings. The lowest BCUT2D eigenvalue weighted by Crippen LogP contribution is -2.52. The number of aromatic hydroxyl groups is 1. The topological polar surface area (TPSA) is 116 Å². The van der Waals surface area contributed by atoms with Crippen molar-refractivity contribution in [1.29, 1.82) is 0 Å². The van der Waals surface area contributed by atoms with Gasteiger partial charge >= 0.3 is 0 Å². The van der Waals surface area contributed by atoms with Crippen molar-refractivity contribution in [3.05, 3.63) is 56.8 Å². The van der Waals surface area contributed by atoms with Crippen LogP contribution in [0.4, 0.5) is 5.69 Å². The molecule has 3 aliphatic heterocycles. The average molecular weight is 371 g/mol. The molecular weight excluding hydrogens is 350 g/mol. The number of nitrogens with one attached hydrogen (secondary N) is 1. The minimum absolute atomic E-state index is 0.139. The Morgan fingerprint density at radius 1 is 1.44 bits per heavy atom. The third kappa shape index (κ3) is 2.29. The summed E-state index contributed by atoms with van der Waals surface area (Å²) in [5.41, 5.74) is 5.13. The Bertz CT molecular complexity index is 889. The molecule has 142 valence electrons. The van der Waals surface area contributed by atoms with E-state index in [9.17, 15) is 9.90 Å². The Hall–Kier alpha value is -2.87. The molecule has 8 heteroatoms. The zero-order chi connectivity index (χ0) is 19.3. The van der Waals surface area contributed by atoms with Crippen molar-refractivity contribution < 1.29 is 20.2 Å². The zero-order valence-electron chi connectivity index (χ0n) is 14.9. The molecule has 3 heterocycles. The number of aldehydes is 1. The maximum atomic E-state index is 12.0. The highest BCUT2D eigenvalue weighted by Crippen LogP contribution is 2.61. The number of allylic oxidation sites excluding steroid dienone is 2. The van der Waals surface area contributed by atoms with Crippen LogP contribution in [0.15, 0.2) is 41.1 Å². The van der Waals surface area contributed by atoms with E-state index in [1.165, 1.54) is 11.1 Å². The molecule has 0 radical (unpaired) electrons. The molecule has 2 bridgehead atoms. The van der Waals surface area contributed by atoms with Crippen molar-refractivity contribution in [2.45, 2.75) is 31.2 Å². The molecule has 5 rings (SSSR count). The van der Waals surface area contributed by atoms with Crippen LogP contribution in [-0.4, -0.2) is 45.7 Å². The van der Waals surface area contributed by atoms with Crippen LogP contribution in [0.3, 0.4) is 0 Å². The van der Waals surface area contributed by atoms with Gasteiger partial charge in [-0.2, -0.15) is 0 Å². The maximum Gasteiger partial charge on any atom is 0.291 e. The molecule has 1 aromatic carbocycles. The molecule has 3 unspecified atom stereocenters. The third-order valence-electron chi connectivity index (χ3n) is 6.48. The second-order valence-corrected chi connectivity index (χ2v) is 7.37. The van der Waals surface area contributed by atoms with Crippen LogP contribution >= 0.6 is 0 Å². The van der Waals surface area contributed by atoms with Gasteiger partial charge in [0.15, 0.2) is 0 Å². The third-order valence-corrected chi connectivity index (χ3v) is 6.48. The fourth-order valence-corrected chi connectivity index (χ4v) is 5.50. The summed E-state index contributed by atoms with van der Waals surface area (Å²) in [6, 6.07) is 6.18. The number of anilines is 1. The van der Waals surface area contributed by atoms with E-state index in [1.807, 2.05) is 6.07 Å². The van der Waals surface area contributed by atoms with Crippen LogP contribution in [0, 0.1) is 16.0 Å². The molecule has 2 fully saturated rings. The molecule has 8 nitrogen and oxygen atoms in total. The summed E-state index contributed by atoms with van der Waals surface area (Å²) in [4.78, 5) is 22.9. The first-order chi connectivity index (χ1) is 12.9. The van der Waals surface area contributed by atoms with Crippen molar-refractivity contribution in [3.63, 3.8) is 0 Å². The largest absolute Gasteiger partial charge is 0.506 e.